The lowest BCUT2D eigenvalue weighted by Gasteiger charge is -2.41. The lowest BCUT2D eigenvalue weighted by Crippen LogP contribution is -2.57. The second-order valence-corrected chi connectivity index (χ2v) is 17.7. The molecule has 58 heavy (non-hydrogen) atoms. The topological polar surface area (TPSA) is 125 Å². The van der Waals surface area contributed by atoms with Gasteiger partial charge in [-0.2, -0.15) is 9.97 Å². The van der Waals surface area contributed by atoms with Crippen molar-refractivity contribution in [1.82, 2.24) is 35.0 Å². The number of fused-ring (bicyclic) bond motifs is 9. The number of piperidine rings is 1. The number of ether oxygens (including phenoxy) is 3. The average Bonchev–Trinajstić information content (AvgIpc) is 3.82. The van der Waals surface area contributed by atoms with Crippen LogP contribution in [0.15, 0.2) is 36.5 Å². The van der Waals surface area contributed by atoms with Crippen LogP contribution in [0.5, 0.6) is 11.8 Å². The first-order chi connectivity index (χ1) is 28.0. The Labute approximate surface area is 336 Å². The molecule has 306 valence electrons. The maximum Gasteiger partial charge on any atom is 0.415 e. The van der Waals surface area contributed by atoms with Crippen LogP contribution in [0.1, 0.15) is 63.9 Å². The summed E-state index contributed by atoms with van der Waals surface area (Å²) in [5, 5.41) is 5.00. The van der Waals surface area contributed by atoms with Gasteiger partial charge in [0, 0.05) is 63.0 Å². The van der Waals surface area contributed by atoms with E-state index in [1.54, 1.807) is 12.3 Å². The van der Waals surface area contributed by atoms with E-state index in [0.29, 0.717) is 67.8 Å². The highest BCUT2D eigenvalue weighted by Gasteiger charge is 2.49. The molecule has 2 unspecified atom stereocenters. The normalized spacial score (nSPS) is 28.8. The first kappa shape index (κ1) is 37.4. The molecule has 0 radical (unpaired) electrons. The Morgan fingerprint density at radius 1 is 1.07 bits per heavy atom. The van der Waals surface area contributed by atoms with Gasteiger partial charge in [-0.1, -0.05) is 18.2 Å². The van der Waals surface area contributed by atoms with Crippen LogP contribution in [-0.4, -0.2) is 131 Å². The Balaban J connectivity index is 1.10. The second kappa shape index (κ2) is 14.4. The number of hydrogen-bond acceptors (Lipinski definition) is 11. The van der Waals surface area contributed by atoms with Crippen molar-refractivity contribution in [3.05, 3.63) is 47.9 Å². The first-order valence-electron chi connectivity index (χ1n) is 20.9. The molecule has 13 nitrogen and oxygen atoms in total. The number of likely N-dealkylation sites (tertiary alicyclic amines) is 1. The number of nitrogens with one attached hydrogen (secondary N) is 1. The molecule has 2 amide bonds. The molecule has 4 aromatic rings. The van der Waals surface area contributed by atoms with Crippen molar-refractivity contribution in [2.24, 2.45) is 0 Å². The van der Waals surface area contributed by atoms with Crippen molar-refractivity contribution in [1.29, 1.82) is 0 Å². The summed E-state index contributed by atoms with van der Waals surface area (Å²) >= 11 is 0. The number of aromatic nitrogens is 3. The summed E-state index contributed by atoms with van der Waals surface area (Å²) < 4.78 is 50.6. The van der Waals surface area contributed by atoms with Crippen LogP contribution in [0.25, 0.3) is 32.9 Å². The van der Waals surface area contributed by atoms with Crippen molar-refractivity contribution in [3.8, 4) is 23.0 Å². The number of hydrogen-bond donors (Lipinski definition) is 1. The largest absolute Gasteiger partial charge is 0.461 e. The molecule has 5 atom stereocenters. The van der Waals surface area contributed by atoms with Crippen LogP contribution in [0.3, 0.4) is 0 Å². The van der Waals surface area contributed by atoms with Crippen molar-refractivity contribution in [3.63, 3.8) is 0 Å². The van der Waals surface area contributed by atoms with Crippen molar-refractivity contribution in [2.75, 3.05) is 64.4 Å². The van der Waals surface area contributed by atoms with E-state index in [9.17, 15) is 14.0 Å². The highest BCUT2D eigenvalue weighted by molar-refractivity contribution is 6.02. The van der Waals surface area contributed by atoms with Crippen LogP contribution in [0.2, 0.25) is 0 Å². The summed E-state index contributed by atoms with van der Waals surface area (Å²) in [6.45, 7) is 6.08. The van der Waals surface area contributed by atoms with E-state index >= 15 is 4.39 Å². The number of nitrogens with zero attached hydrogens (tertiary/aromatic N) is 7. The summed E-state index contributed by atoms with van der Waals surface area (Å²) in [6, 6.07) is 9.49. The number of amides is 2. The zero-order valence-electron chi connectivity index (χ0n) is 33.1. The van der Waals surface area contributed by atoms with E-state index in [0.717, 1.165) is 68.1 Å². The minimum Gasteiger partial charge on any atom is -0.461 e. The number of pyridine rings is 1. The quantitative estimate of drug-likeness (QED) is 0.252. The van der Waals surface area contributed by atoms with Gasteiger partial charge in [0.1, 0.15) is 35.6 Å². The fraction of sp³-hybridized carbons (Fsp3) is 0.558. The number of likely N-dealkylation sites (N-methyl/N-ethyl adjacent to an activating group) is 1. The standard InChI is InChI=1S/C43H50F2N8O5/c1-42-12-5-14-51(24-42)38-33-20-46-36(35(45)37(33)47-39(48-38)57-25-43-13-6-15-52(43)21-28(44)19-43)32-18-31(58-41(55)53-29-10-11-30(53)23-50(2)22-29)17-27-8-3-7-26(34(27)32)9-4-16-56-40(54)49-42/h3,7-8,17-18,20,28-30H,4-6,9-16,19,21-25H2,1-2H3,(H,49,54)/t28-,29?,30?,42-,43+/m1/s1. The van der Waals surface area contributed by atoms with Gasteiger partial charge in [-0.05, 0) is 100 Å². The van der Waals surface area contributed by atoms with Crippen LogP contribution in [0.4, 0.5) is 24.2 Å². The number of aryl methyl sites for hydroxylation is 1. The Morgan fingerprint density at radius 3 is 2.74 bits per heavy atom. The molecule has 15 heteroatoms. The van der Waals surface area contributed by atoms with Gasteiger partial charge in [0.15, 0.2) is 5.82 Å². The molecular weight excluding hydrogens is 747 g/mol. The summed E-state index contributed by atoms with van der Waals surface area (Å²) in [4.78, 5) is 49.8. The lowest BCUT2D eigenvalue weighted by atomic mass is 9.91. The van der Waals surface area contributed by atoms with Gasteiger partial charge >= 0.3 is 18.2 Å². The van der Waals surface area contributed by atoms with Gasteiger partial charge in [-0.15, -0.1) is 0 Å². The molecular formula is C43H50F2N8O5. The lowest BCUT2D eigenvalue weighted by molar-refractivity contribution is 0.0774. The Kier molecular flexibility index (Phi) is 9.30. The number of benzene rings is 2. The number of alkyl carbamates (subject to hydrolysis) is 1. The third kappa shape index (κ3) is 6.63. The molecule has 9 heterocycles. The fourth-order valence-corrected chi connectivity index (χ4v) is 10.9. The number of alkyl halides is 1. The SMILES string of the molecule is CN1CC2CCC(C1)N2C(=O)Oc1cc2c3c(cccc3c1)CCCOC(=O)N[C@]1(C)CCCN(C1)c1nc(OC[C@@]34CCCN3C[C@H](F)C4)nc3c(F)c-2ncc13. The van der Waals surface area contributed by atoms with Crippen molar-refractivity contribution < 1.29 is 32.6 Å². The van der Waals surface area contributed by atoms with E-state index in [-0.39, 0.29) is 42.5 Å². The van der Waals surface area contributed by atoms with E-state index in [1.165, 1.54) is 0 Å². The molecule has 0 saturated carbocycles. The van der Waals surface area contributed by atoms with Crippen LogP contribution < -0.4 is 19.7 Å². The minimum atomic E-state index is -0.934. The molecule has 2 aromatic heterocycles. The van der Waals surface area contributed by atoms with E-state index < -0.39 is 35.3 Å². The predicted octanol–water partition coefficient (Wildman–Crippen LogP) is 6.25. The van der Waals surface area contributed by atoms with E-state index in [4.69, 9.17) is 29.2 Å². The molecule has 5 saturated heterocycles. The Morgan fingerprint density at radius 2 is 1.90 bits per heavy atom. The maximum atomic E-state index is 17.6. The first-order valence-corrected chi connectivity index (χ1v) is 20.9. The fourth-order valence-electron chi connectivity index (χ4n) is 10.9. The van der Waals surface area contributed by atoms with Crippen LogP contribution in [0, 0.1) is 5.82 Å². The number of anilines is 1. The van der Waals surface area contributed by atoms with Crippen LogP contribution in [-0.2, 0) is 11.2 Å². The maximum absolute atomic E-state index is 17.6. The number of halogens is 2. The summed E-state index contributed by atoms with van der Waals surface area (Å²) in [6.07, 6.45) is 6.24. The van der Waals surface area contributed by atoms with Gasteiger partial charge in [-0.3, -0.25) is 14.8 Å². The van der Waals surface area contributed by atoms with Gasteiger partial charge in [0.2, 0.25) is 0 Å². The molecule has 5 fully saturated rings. The molecule has 7 aliphatic rings. The molecule has 8 bridgehead atoms. The Bertz CT molecular complexity index is 2280. The second-order valence-electron chi connectivity index (χ2n) is 17.7. The third-order valence-electron chi connectivity index (χ3n) is 13.5. The number of carbonyl (C=O) groups is 2. The molecule has 2 aromatic carbocycles. The molecule has 0 aliphatic carbocycles. The molecule has 11 rings (SSSR count). The van der Waals surface area contributed by atoms with Gasteiger partial charge in [0.25, 0.3) is 0 Å². The average molecular weight is 797 g/mol. The van der Waals surface area contributed by atoms with Gasteiger partial charge < -0.3 is 29.3 Å². The molecule has 7 aliphatic heterocycles. The molecule has 1 N–H and O–H groups in total. The summed E-state index contributed by atoms with van der Waals surface area (Å²) in [5.41, 5.74) is 0.324. The van der Waals surface area contributed by atoms with Gasteiger partial charge in [-0.25, -0.2) is 18.4 Å². The Hall–Kier alpha value is -4.89. The van der Waals surface area contributed by atoms with Crippen LogP contribution >= 0.6 is 0 Å². The van der Waals surface area contributed by atoms with Crippen molar-refractivity contribution >= 4 is 39.7 Å². The van der Waals surface area contributed by atoms with Crippen molar-refractivity contribution in [2.45, 2.75) is 94.0 Å². The number of piperazine rings is 1. The molecule has 0 spiro atoms. The zero-order valence-corrected chi connectivity index (χ0v) is 33.1. The number of carbonyl (C=O) groups excluding carboxylic acids is 2. The highest BCUT2D eigenvalue weighted by Crippen LogP contribution is 2.43. The monoisotopic (exact) mass is 796 g/mol. The highest BCUT2D eigenvalue weighted by atomic mass is 19.1. The summed E-state index contributed by atoms with van der Waals surface area (Å²) in [7, 11) is 2.08. The third-order valence-corrected chi connectivity index (χ3v) is 13.5. The van der Waals surface area contributed by atoms with Gasteiger partial charge in [0.05, 0.1) is 23.1 Å². The predicted molar refractivity (Wildman–Crippen MR) is 214 cm³/mol. The minimum absolute atomic E-state index is 0.00493. The van der Waals surface area contributed by atoms with E-state index in [1.807, 2.05) is 41.0 Å². The summed E-state index contributed by atoms with van der Waals surface area (Å²) in [5.74, 6) is 0.0704. The zero-order chi connectivity index (χ0) is 39.8. The smallest absolute Gasteiger partial charge is 0.415 e. The number of rotatable bonds is 4. The van der Waals surface area contributed by atoms with E-state index in [2.05, 4.69) is 22.2 Å².